The highest BCUT2D eigenvalue weighted by Crippen LogP contribution is 2.26. The molecule has 0 aliphatic heterocycles. The zero-order valence-electron chi connectivity index (χ0n) is 17.2. The SMILES string of the molecule is CC(C)C(=O)/C(=C/c1ccccc1)C(=O)Nc1ccccc1OCc1ccccc1. The highest BCUT2D eigenvalue weighted by molar-refractivity contribution is 6.26. The molecular formula is C26H25NO3. The van der Waals surface area contributed by atoms with Gasteiger partial charge in [-0.3, -0.25) is 9.59 Å². The molecule has 0 heterocycles. The van der Waals surface area contributed by atoms with Crippen molar-refractivity contribution in [3.63, 3.8) is 0 Å². The Morgan fingerprint density at radius 2 is 1.47 bits per heavy atom. The molecule has 0 aromatic heterocycles. The third-order valence-electron chi connectivity index (χ3n) is 4.52. The largest absolute Gasteiger partial charge is 0.487 e. The summed E-state index contributed by atoms with van der Waals surface area (Å²) in [7, 11) is 0. The van der Waals surface area contributed by atoms with E-state index in [0.29, 0.717) is 18.0 Å². The van der Waals surface area contributed by atoms with E-state index in [9.17, 15) is 9.59 Å². The molecule has 0 bridgehead atoms. The molecule has 0 spiro atoms. The number of hydrogen-bond donors (Lipinski definition) is 1. The van der Waals surface area contributed by atoms with E-state index in [1.54, 1.807) is 32.1 Å². The first-order valence-corrected chi connectivity index (χ1v) is 9.92. The second-order valence-electron chi connectivity index (χ2n) is 7.21. The van der Waals surface area contributed by atoms with Crippen molar-refractivity contribution in [1.82, 2.24) is 0 Å². The minimum absolute atomic E-state index is 0.120. The van der Waals surface area contributed by atoms with Gasteiger partial charge < -0.3 is 10.1 Å². The summed E-state index contributed by atoms with van der Waals surface area (Å²) in [5.74, 6) is -0.409. The molecule has 30 heavy (non-hydrogen) atoms. The van der Waals surface area contributed by atoms with Gasteiger partial charge in [0.1, 0.15) is 12.4 Å². The standard InChI is InChI=1S/C26H25NO3/c1-19(2)25(28)22(17-20-11-5-3-6-12-20)26(29)27-23-15-9-10-16-24(23)30-18-21-13-7-4-8-14-21/h3-17,19H,18H2,1-2H3,(H,27,29)/b22-17-. The van der Waals surface area contributed by atoms with Crippen LogP contribution in [0.1, 0.15) is 25.0 Å². The van der Waals surface area contributed by atoms with Gasteiger partial charge in [0.15, 0.2) is 5.78 Å². The Morgan fingerprint density at radius 1 is 0.867 bits per heavy atom. The quantitative estimate of drug-likeness (QED) is 0.309. The fraction of sp³-hybridized carbons (Fsp3) is 0.154. The first-order chi connectivity index (χ1) is 14.5. The minimum Gasteiger partial charge on any atom is -0.487 e. The lowest BCUT2D eigenvalue weighted by atomic mass is 9.98. The summed E-state index contributed by atoms with van der Waals surface area (Å²) in [6, 6.07) is 26.4. The molecule has 1 amide bonds. The number of benzene rings is 3. The zero-order valence-corrected chi connectivity index (χ0v) is 17.2. The highest BCUT2D eigenvalue weighted by Gasteiger charge is 2.22. The van der Waals surface area contributed by atoms with Crippen LogP contribution in [0.5, 0.6) is 5.75 Å². The number of carbonyl (C=O) groups excluding carboxylic acids is 2. The van der Waals surface area contributed by atoms with E-state index in [2.05, 4.69) is 5.32 Å². The van der Waals surface area contributed by atoms with Crippen LogP contribution in [0.2, 0.25) is 0 Å². The number of anilines is 1. The first-order valence-electron chi connectivity index (χ1n) is 9.92. The molecule has 0 atom stereocenters. The van der Waals surface area contributed by atoms with Crippen LogP contribution >= 0.6 is 0 Å². The summed E-state index contributed by atoms with van der Waals surface area (Å²) in [5.41, 5.74) is 2.46. The maximum atomic E-state index is 13.0. The molecule has 3 rings (SSSR count). The van der Waals surface area contributed by atoms with Gasteiger partial charge >= 0.3 is 0 Å². The Bertz CT molecular complexity index is 1020. The van der Waals surface area contributed by atoms with Crippen molar-refractivity contribution in [3.05, 3.63) is 102 Å². The van der Waals surface area contributed by atoms with Crippen LogP contribution in [-0.4, -0.2) is 11.7 Å². The van der Waals surface area contributed by atoms with Crippen LogP contribution in [0.4, 0.5) is 5.69 Å². The molecule has 3 aromatic rings. The van der Waals surface area contributed by atoms with Crippen molar-refractivity contribution >= 4 is 23.5 Å². The maximum Gasteiger partial charge on any atom is 0.259 e. The number of rotatable bonds is 8. The van der Waals surface area contributed by atoms with Crippen LogP contribution in [0.15, 0.2) is 90.5 Å². The molecule has 0 unspecified atom stereocenters. The van der Waals surface area contributed by atoms with Crippen LogP contribution in [0, 0.1) is 5.92 Å². The zero-order chi connectivity index (χ0) is 21.3. The van der Waals surface area contributed by atoms with E-state index >= 15 is 0 Å². The molecular weight excluding hydrogens is 374 g/mol. The predicted molar refractivity (Wildman–Crippen MR) is 120 cm³/mol. The van der Waals surface area contributed by atoms with Gasteiger partial charge in [-0.1, -0.05) is 86.6 Å². The summed E-state index contributed by atoms with van der Waals surface area (Å²) in [6.07, 6.45) is 1.63. The minimum atomic E-state index is -0.451. The van der Waals surface area contributed by atoms with E-state index in [-0.39, 0.29) is 17.3 Å². The molecule has 0 radical (unpaired) electrons. The molecule has 152 valence electrons. The Balaban J connectivity index is 1.82. The Kier molecular flexibility index (Phi) is 7.17. The second kappa shape index (κ2) is 10.2. The number of nitrogens with one attached hydrogen (secondary N) is 1. The monoisotopic (exact) mass is 399 g/mol. The van der Waals surface area contributed by atoms with Gasteiger partial charge in [-0.25, -0.2) is 0 Å². The third kappa shape index (κ3) is 5.67. The summed E-state index contributed by atoms with van der Waals surface area (Å²) in [4.78, 5) is 25.7. The van der Waals surface area contributed by atoms with Gasteiger partial charge in [-0.15, -0.1) is 0 Å². The van der Waals surface area contributed by atoms with E-state index in [4.69, 9.17) is 4.74 Å². The number of ketones is 1. The summed E-state index contributed by atoms with van der Waals surface area (Å²) in [6.45, 7) is 3.95. The number of para-hydroxylation sites is 2. The van der Waals surface area contributed by atoms with Crippen LogP contribution in [-0.2, 0) is 16.2 Å². The molecule has 0 saturated heterocycles. The van der Waals surface area contributed by atoms with Gasteiger partial charge in [0.25, 0.3) is 5.91 Å². The van der Waals surface area contributed by atoms with Crippen LogP contribution in [0.25, 0.3) is 6.08 Å². The maximum absolute atomic E-state index is 13.0. The summed E-state index contributed by atoms with van der Waals surface area (Å²) in [5, 5.41) is 2.85. The van der Waals surface area contributed by atoms with E-state index in [0.717, 1.165) is 11.1 Å². The number of Topliss-reactive ketones (excluding diaryl/α,β-unsaturated/α-hetero) is 1. The fourth-order valence-corrected chi connectivity index (χ4v) is 2.90. The third-order valence-corrected chi connectivity index (χ3v) is 4.52. The molecule has 0 fully saturated rings. The van der Waals surface area contributed by atoms with Crippen LogP contribution < -0.4 is 10.1 Å². The number of hydrogen-bond acceptors (Lipinski definition) is 3. The molecule has 0 aliphatic rings. The fourth-order valence-electron chi connectivity index (χ4n) is 2.90. The summed E-state index contributed by atoms with van der Waals surface area (Å²) < 4.78 is 5.91. The number of amides is 1. The second-order valence-corrected chi connectivity index (χ2v) is 7.21. The number of ether oxygens (including phenoxy) is 1. The molecule has 0 saturated carbocycles. The molecule has 1 N–H and O–H groups in total. The van der Waals surface area contributed by atoms with Crippen LogP contribution in [0.3, 0.4) is 0 Å². The van der Waals surface area contributed by atoms with E-state index in [1.807, 2.05) is 72.8 Å². The highest BCUT2D eigenvalue weighted by atomic mass is 16.5. The number of carbonyl (C=O) groups is 2. The van der Waals surface area contributed by atoms with Crippen molar-refractivity contribution in [2.45, 2.75) is 20.5 Å². The summed E-state index contributed by atoms with van der Waals surface area (Å²) >= 11 is 0. The van der Waals surface area contributed by atoms with Crippen molar-refractivity contribution in [3.8, 4) is 5.75 Å². The first kappa shape index (κ1) is 21.1. The van der Waals surface area contributed by atoms with Gasteiger partial charge in [-0.2, -0.15) is 0 Å². The smallest absolute Gasteiger partial charge is 0.259 e. The average molecular weight is 399 g/mol. The van der Waals surface area contributed by atoms with E-state index in [1.165, 1.54) is 0 Å². The Labute approximate surface area is 177 Å². The van der Waals surface area contributed by atoms with Gasteiger partial charge in [0.2, 0.25) is 0 Å². The van der Waals surface area contributed by atoms with Crippen molar-refractivity contribution in [2.24, 2.45) is 5.92 Å². The molecule has 4 nitrogen and oxygen atoms in total. The van der Waals surface area contributed by atoms with Gasteiger partial charge in [0, 0.05) is 5.92 Å². The molecule has 3 aromatic carbocycles. The average Bonchev–Trinajstić information content (AvgIpc) is 2.77. The van der Waals surface area contributed by atoms with Crippen molar-refractivity contribution in [1.29, 1.82) is 0 Å². The topological polar surface area (TPSA) is 55.4 Å². The normalized spacial score (nSPS) is 11.2. The predicted octanol–water partition coefficient (Wildman–Crippen LogP) is 5.51. The van der Waals surface area contributed by atoms with Crippen molar-refractivity contribution < 1.29 is 14.3 Å². The lowest BCUT2D eigenvalue weighted by Gasteiger charge is -2.14. The van der Waals surface area contributed by atoms with E-state index < -0.39 is 5.91 Å². The molecule has 0 aliphatic carbocycles. The molecule has 4 heteroatoms. The van der Waals surface area contributed by atoms with Gasteiger partial charge in [0.05, 0.1) is 11.3 Å². The Morgan fingerprint density at radius 3 is 2.13 bits per heavy atom. The Hall–Kier alpha value is -3.66. The van der Waals surface area contributed by atoms with Gasteiger partial charge in [-0.05, 0) is 29.3 Å². The van der Waals surface area contributed by atoms with Crippen molar-refractivity contribution in [2.75, 3.05) is 5.32 Å². The lowest BCUT2D eigenvalue weighted by molar-refractivity contribution is -0.121. The lowest BCUT2D eigenvalue weighted by Crippen LogP contribution is -2.23.